The monoisotopic (exact) mass is 496 g/mol. The van der Waals surface area contributed by atoms with Crippen molar-refractivity contribution < 1.29 is 23.7 Å². The fraction of sp³-hybridized carbons (Fsp3) is 0.172. The van der Waals surface area contributed by atoms with E-state index >= 15 is 0 Å². The minimum Gasteiger partial charge on any atom is -0.858 e. The van der Waals surface area contributed by atoms with Gasteiger partial charge in [-0.3, -0.25) is 9.59 Å². The Balaban J connectivity index is 1.82. The van der Waals surface area contributed by atoms with E-state index in [0.717, 1.165) is 10.5 Å². The molecule has 3 heterocycles. The van der Waals surface area contributed by atoms with E-state index in [0.29, 0.717) is 17.8 Å². The van der Waals surface area contributed by atoms with Crippen LogP contribution in [-0.2, 0) is 16.0 Å². The number of imide groups is 1. The van der Waals surface area contributed by atoms with Crippen molar-refractivity contribution in [2.45, 2.75) is 33.1 Å². The van der Waals surface area contributed by atoms with Gasteiger partial charge in [0.25, 0.3) is 11.6 Å². The Morgan fingerprint density at radius 1 is 0.973 bits per heavy atom. The van der Waals surface area contributed by atoms with Gasteiger partial charge >= 0.3 is 5.91 Å². The van der Waals surface area contributed by atoms with Gasteiger partial charge in [-0.2, -0.15) is 9.67 Å². The second-order valence-electron chi connectivity index (χ2n) is 9.06. The molecule has 2 aromatic carbocycles. The van der Waals surface area contributed by atoms with Crippen LogP contribution in [0.2, 0.25) is 0 Å². The quantitative estimate of drug-likeness (QED) is 0.299. The third-order valence-corrected chi connectivity index (χ3v) is 6.35. The molecule has 0 atom stereocenters. The van der Waals surface area contributed by atoms with Gasteiger partial charge in [0, 0.05) is 17.2 Å². The molecule has 0 saturated heterocycles. The fourth-order valence-electron chi connectivity index (χ4n) is 4.51. The molecule has 0 fully saturated rings. The van der Waals surface area contributed by atoms with Gasteiger partial charge in [-0.15, -0.1) is 0 Å². The maximum Gasteiger partial charge on any atom is 0.331 e. The number of rotatable bonds is 6. The minimum absolute atomic E-state index is 0.0184. The van der Waals surface area contributed by atoms with Gasteiger partial charge in [0.1, 0.15) is 11.4 Å². The Bertz CT molecular complexity index is 1560. The lowest BCUT2D eigenvalue weighted by Crippen LogP contribution is -2.40. The summed E-state index contributed by atoms with van der Waals surface area (Å²) in [4.78, 5) is 28.6. The largest absolute Gasteiger partial charge is 0.858 e. The molecule has 7 nitrogen and oxygen atoms in total. The smallest absolute Gasteiger partial charge is 0.331 e. The van der Waals surface area contributed by atoms with Crippen LogP contribution in [0.1, 0.15) is 43.5 Å². The maximum absolute atomic E-state index is 14.8. The molecule has 37 heavy (non-hydrogen) atoms. The van der Waals surface area contributed by atoms with Gasteiger partial charge in [-0.1, -0.05) is 51.1 Å². The van der Waals surface area contributed by atoms with Crippen LogP contribution in [-0.4, -0.2) is 21.6 Å². The first-order valence-corrected chi connectivity index (χ1v) is 12.1. The average molecular weight is 497 g/mol. The molecule has 5 rings (SSSR count). The van der Waals surface area contributed by atoms with Crippen LogP contribution < -0.4 is 14.6 Å². The van der Waals surface area contributed by atoms with Gasteiger partial charge < -0.3 is 5.11 Å². The summed E-state index contributed by atoms with van der Waals surface area (Å²) in [7, 11) is 0. The van der Waals surface area contributed by atoms with E-state index in [2.05, 4.69) is 5.10 Å². The second kappa shape index (κ2) is 9.46. The van der Waals surface area contributed by atoms with Crippen LogP contribution in [0.4, 0.5) is 10.1 Å². The van der Waals surface area contributed by atoms with Crippen molar-refractivity contribution >= 4 is 28.8 Å². The predicted molar refractivity (Wildman–Crippen MR) is 135 cm³/mol. The van der Waals surface area contributed by atoms with Crippen LogP contribution in [0.15, 0.2) is 79.1 Å². The molecule has 0 aliphatic carbocycles. The zero-order valence-corrected chi connectivity index (χ0v) is 20.7. The highest BCUT2D eigenvalue weighted by molar-refractivity contribution is 6.53. The van der Waals surface area contributed by atoms with E-state index in [1.807, 2.05) is 32.9 Å². The summed E-state index contributed by atoms with van der Waals surface area (Å²) in [6.45, 7) is 5.70. The van der Waals surface area contributed by atoms with Crippen molar-refractivity contribution in [3.05, 3.63) is 102 Å². The number of hydrogen-bond donors (Lipinski definition) is 0. The van der Waals surface area contributed by atoms with Crippen molar-refractivity contribution in [3.8, 4) is 11.6 Å². The van der Waals surface area contributed by atoms with Crippen molar-refractivity contribution in [1.29, 1.82) is 0 Å². The highest BCUT2D eigenvalue weighted by Crippen LogP contribution is 2.41. The highest BCUT2D eigenvalue weighted by Gasteiger charge is 2.48. The summed E-state index contributed by atoms with van der Waals surface area (Å²) in [5.74, 6) is -2.97. The van der Waals surface area contributed by atoms with Crippen LogP contribution in [0.3, 0.4) is 0 Å². The first-order chi connectivity index (χ1) is 17.8. The lowest BCUT2D eigenvalue weighted by molar-refractivity contribution is -0.577. The van der Waals surface area contributed by atoms with E-state index in [-0.39, 0.29) is 28.4 Å². The molecule has 1 aliphatic heterocycles. The molecular formula is C29H25FN4O3. The number of carbonyl (C=O) groups is 2. The molecule has 4 aromatic rings. The Kier molecular flexibility index (Phi) is 6.17. The first kappa shape index (κ1) is 24.1. The van der Waals surface area contributed by atoms with Crippen LogP contribution in [0.25, 0.3) is 17.0 Å². The van der Waals surface area contributed by atoms with Crippen molar-refractivity contribution in [2.75, 3.05) is 4.90 Å². The van der Waals surface area contributed by atoms with Crippen molar-refractivity contribution in [2.24, 2.45) is 0 Å². The average Bonchev–Trinajstić information content (AvgIpc) is 3.37. The number of halogens is 1. The molecule has 0 radical (unpaired) electrons. The van der Waals surface area contributed by atoms with Gasteiger partial charge in [-0.25, -0.2) is 14.0 Å². The Morgan fingerprint density at radius 3 is 2.35 bits per heavy atom. The number of aryl methyl sites for hydroxylation is 1. The summed E-state index contributed by atoms with van der Waals surface area (Å²) < 4.78 is 17.6. The number of anilines is 1. The fourth-order valence-corrected chi connectivity index (χ4v) is 4.51. The summed E-state index contributed by atoms with van der Waals surface area (Å²) in [6, 6.07) is 18.1. The number of para-hydroxylation sites is 2. The number of nitrogens with zero attached hydrogens (tertiary/aromatic N) is 4. The highest BCUT2D eigenvalue weighted by atomic mass is 19.1. The summed E-state index contributed by atoms with van der Waals surface area (Å²) in [6.07, 6.45) is 4.08. The number of aromatic nitrogens is 3. The third-order valence-electron chi connectivity index (χ3n) is 6.35. The number of amides is 2. The van der Waals surface area contributed by atoms with Crippen molar-refractivity contribution in [3.63, 3.8) is 0 Å². The van der Waals surface area contributed by atoms with Gasteiger partial charge in [0.2, 0.25) is 0 Å². The standard InChI is InChI=1S/C29H25FN4O3/c1-4-19-11-10-16-32(17-19)26-24(27(35)33(29(26)37)22-15-9-8-14-21(22)30)23-25(18(2)3)31-34(28(23)36)20-12-6-5-7-13-20/h5-18H,4H2,1-3H3. The molecule has 1 aliphatic rings. The summed E-state index contributed by atoms with van der Waals surface area (Å²) >= 11 is 0. The predicted octanol–water partition coefficient (Wildman–Crippen LogP) is 4.00. The molecular weight excluding hydrogens is 471 g/mol. The zero-order valence-electron chi connectivity index (χ0n) is 20.7. The Morgan fingerprint density at radius 2 is 1.68 bits per heavy atom. The van der Waals surface area contributed by atoms with E-state index in [4.69, 9.17) is 0 Å². The Labute approximate surface area is 213 Å². The van der Waals surface area contributed by atoms with E-state index in [9.17, 15) is 19.1 Å². The lowest BCUT2D eigenvalue weighted by atomic mass is 9.98. The van der Waals surface area contributed by atoms with Crippen LogP contribution >= 0.6 is 0 Å². The third kappa shape index (κ3) is 4.00. The summed E-state index contributed by atoms with van der Waals surface area (Å²) in [5.41, 5.74) is 1.59. The lowest BCUT2D eigenvalue weighted by Gasteiger charge is -2.16. The van der Waals surface area contributed by atoms with Gasteiger partial charge in [0.05, 0.1) is 17.1 Å². The molecule has 0 saturated carbocycles. The molecule has 0 bridgehead atoms. The van der Waals surface area contributed by atoms with Gasteiger partial charge in [-0.05, 0) is 48.6 Å². The first-order valence-electron chi connectivity index (χ1n) is 12.1. The topological polar surface area (TPSA) is 82.1 Å². The minimum atomic E-state index is -0.772. The molecule has 0 unspecified atom stereocenters. The number of benzene rings is 2. The number of pyridine rings is 1. The van der Waals surface area contributed by atoms with Crippen molar-refractivity contribution in [1.82, 2.24) is 9.78 Å². The molecule has 0 N–H and O–H groups in total. The SMILES string of the molecule is CCc1ccc[n+](C2=C(c3c(C(C)C)nn(-c4ccccc4)c3[O-])C(=O)N(c3ccccc3F)C2=O)c1. The van der Waals surface area contributed by atoms with Crippen LogP contribution in [0.5, 0.6) is 5.88 Å². The van der Waals surface area contributed by atoms with E-state index < -0.39 is 23.5 Å². The molecule has 0 spiro atoms. The van der Waals surface area contributed by atoms with Gasteiger partial charge in [0.15, 0.2) is 12.4 Å². The number of carbonyl (C=O) groups excluding carboxylic acids is 2. The van der Waals surface area contributed by atoms with Crippen LogP contribution in [0, 0.1) is 5.82 Å². The normalized spacial score (nSPS) is 13.8. The maximum atomic E-state index is 14.8. The summed E-state index contributed by atoms with van der Waals surface area (Å²) in [5, 5.41) is 18.4. The Hall–Kier alpha value is -4.59. The molecule has 2 aromatic heterocycles. The second-order valence-corrected chi connectivity index (χ2v) is 9.06. The van der Waals surface area contributed by atoms with E-state index in [1.165, 1.54) is 22.9 Å². The number of hydrogen-bond acceptors (Lipinski definition) is 4. The molecule has 8 heteroatoms. The van der Waals surface area contributed by atoms with E-state index in [1.54, 1.807) is 53.4 Å². The zero-order chi connectivity index (χ0) is 26.3. The molecule has 2 amide bonds. The molecule has 186 valence electrons.